The lowest BCUT2D eigenvalue weighted by Crippen LogP contribution is -2.37. The van der Waals surface area contributed by atoms with Crippen LogP contribution in [-0.4, -0.2) is 73.1 Å². The zero-order valence-electron chi connectivity index (χ0n) is 18.8. The van der Waals surface area contributed by atoms with Gasteiger partial charge in [-0.05, 0) is 25.1 Å². The van der Waals surface area contributed by atoms with E-state index < -0.39 is 24.6 Å². The number of anilines is 2. The molecule has 1 fully saturated rings. The van der Waals surface area contributed by atoms with Gasteiger partial charge in [-0.15, -0.1) is 0 Å². The minimum absolute atomic E-state index is 0.136. The van der Waals surface area contributed by atoms with Crippen molar-refractivity contribution in [1.29, 1.82) is 0 Å². The van der Waals surface area contributed by atoms with E-state index in [0.717, 1.165) is 11.6 Å². The number of ether oxygens (including phenoxy) is 2. The van der Waals surface area contributed by atoms with E-state index in [-0.39, 0.29) is 36.8 Å². The van der Waals surface area contributed by atoms with Crippen LogP contribution in [0.2, 0.25) is 0 Å². The Kier molecular flexibility index (Phi) is 7.36. The molecule has 182 valence electrons. The van der Waals surface area contributed by atoms with Crippen molar-refractivity contribution >= 4 is 23.6 Å². The van der Waals surface area contributed by atoms with Gasteiger partial charge in [-0.3, -0.25) is 4.90 Å². The molecule has 1 saturated heterocycles. The maximum absolute atomic E-state index is 15.0. The second kappa shape index (κ2) is 10.6. The minimum Gasteiger partial charge on any atom is -0.450 e. The van der Waals surface area contributed by atoms with Gasteiger partial charge in [0.2, 0.25) is 0 Å². The molecular formula is C22H26F2N6O4. The molecule has 3 heterocycles. The van der Waals surface area contributed by atoms with Crippen molar-refractivity contribution in [2.75, 3.05) is 56.3 Å². The molecular weight excluding hydrogens is 450 g/mol. The van der Waals surface area contributed by atoms with Gasteiger partial charge in [0, 0.05) is 30.9 Å². The van der Waals surface area contributed by atoms with Crippen LogP contribution in [0.3, 0.4) is 0 Å². The molecule has 1 aromatic heterocycles. The number of hydrogen-bond donors (Lipinski definition) is 2. The van der Waals surface area contributed by atoms with Gasteiger partial charge in [0.1, 0.15) is 18.3 Å². The lowest BCUT2D eigenvalue weighted by atomic mass is 10.1. The molecule has 2 aliphatic rings. The summed E-state index contributed by atoms with van der Waals surface area (Å²) < 4.78 is 37.8. The fourth-order valence-electron chi connectivity index (χ4n) is 3.85. The largest absolute Gasteiger partial charge is 0.450 e. The molecule has 4 rings (SSSR count). The molecule has 0 saturated carbocycles. The topological polar surface area (TPSA) is 109 Å². The van der Waals surface area contributed by atoms with E-state index in [2.05, 4.69) is 20.6 Å². The minimum atomic E-state index is -0.699. The number of rotatable bonds is 6. The van der Waals surface area contributed by atoms with E-state index in [1.807, 2.05) is 4.90 Å². The number of nitrogens with zero attached hydrogens (tertiary/aromatic N) is 4. The molecule has 2 aliphatic heterocycles. The normalized spacial score (nSPS) is 15.1. The molecule has 0 radical (unpaired) electrons. The highest BCUT2D eigenvalue weighted by Crippen LogP contribution is 2.33. The molecule has 0 aliphatic carbocycles. The molecule has 0 bridgehead atoms. The number of amides is 3. The number of fused-ring (bicyclic) bond motifs is 1. The lowest BCUT2D eigenvalue weighted by molar-refractivity contribution is 0.106. The molecule has 0 atom stereocenters. The molecule has 1 aromatic carbocycles. The van der Waals surface area contributed by atoms with Gasteiger partial charge < -0.3 is 25.0 Å². The summed E-state index contributed by atoms with van der Waals surface area (Å²) in [6.07, 6.45) is -0.442. The van der Waals surface area contributed by atoms with Crippen LogP contribution in [0.5, 0.6) is 0 Å². The van der Waals surface area contributed by atoms with Crippen molar-refractivity contribution in [3.05, 3.63) is 35.3 Å². The van der Waals surface area contributed by atoms with E-state index >= 15 is 4.39 Å². The monoisotopic (exact) mass is 476 g/mol. The molecule has 2 aromatic rings. The van der Waals surface area contributed by atoms with Crippen molar-refractivity contribution < 1.29 is 27.8 Å². The summed E-state index contributed by atoms with van der Waals surface area (Å²) in [6, 6.07) is 3.51. The van der Waals surface area contributed by atoms with Crippen LogP contribution in [0, 0.1) is 5.82 Å². The van der Waals surface area contributed by atoms with Crippen molar-refractivity contribution in [2.24, 2.45) is 0 Å². The van der Waals surface area contributed by atoms with Gasteiger partial charge in [-0.2, -0.15) is 0 Å². The summed E-state index contributed by atoms with van der Waals surface area (Å²) in [7, 11) is 0. The van der Waals surface area contributed by atoms with E-state index in [1.165, 1.54) is 17.0 Å². The first kappa shape index (κ1) is 23.6. The number of halogens is 2. The Bertz CT molecular complexity index is 1060. The highest BCUT2D eigenvalue weighted by Gasteiger charge is 2.32. The van der Waals surface area contributed by atoms with Crippen LogP contribution in [0.15, 0.2) is 18.2 Å². The van der Waals surface area contributed by atoms with Crippen molar-refractivity contribution in [3.63, 3.8) is 0 Å². The summed E-state index contributed by atoms with van der Waals surface area (Å²) in [5.41, 5.74) is 1.80. The Balaban J connectivity index is 1.64. The quantitative estimate of drug-likeness (QED) is 0.660. The molecule has 10 nitrogen and oxygen atoms in total. The average Bonchev–Trinajstić information content (AvgIpc) is 3.27. The number of aromatic nitrogens is 2. The van der Waals surface area contributed by atoms with Crippen LogP contribution in [0.1, 0.15) is 18.2 Å². The SMILES string of the molecule is CCOC(=O)N1Cc2nc(-c3ccc(NC(=O)NCCF)cc3F)nc(N3CCOCC3)c2C1. The van der Waals surface area contributed by atoms with Crippen LogP contribution < -0.4 is 15.5 Å². The molecule has 2 N–H and O–H groups in total. The number of alkyl halides is 1. The predicted octanol–water partition coefficient (Wildman–Crippen LogP) is 2.68. The van der Waals surface area contributed by atoms with Crippen molar-refractivity contribution in [1.82, 2.24) is 20.2 Å². The predicted molar refractivity (Wildman–Crippen MR) is 120 cm³/mol. The molecule has 34 heavy (non-hydrogen) atoms. The van der Waals surface area contributed by atoms with E-state index in [1.54, 1.807) is 6.92 Å². The van der Waals surface area contributed by atoms with Gasteiger partial charge in [-0.25, -0.2) is 28.3 Å². The van der Waals surface area contributed by atoms with Crippen LogP contribution >= 0.6 is 0 Å². The van der Waals surface area contributed by atoms with Crippen molar-refractivity contribution in [2.45, 2.75) is 20.0 Å². The fraction of sp³-hybridized carbons (Fsp3) is 0.455. The van der Waals surface area contributed by atoms with Gasteiger partial charge in [0.15, 0.2) is 5.82 Å². The van der Waals surface area contributed by atoms with Gasteiger partial charge in [0.25, 0.3) is 0 Å². The zero-order chi connectivity index (χ0) is 24.1. The van der Waals surface area contributed by atoms with E-state index in [0.29, 0.717) is 44.4 Å². The zero-order valence-corrected chi connectivity index (χ0v) is 18.8. The summed E-state index contributed by atoms with van der Waals surface area (Å²) in [6.45, 7) is 4.00. The smallest absolute Gasteiger partial charge is 0.410 e. The Morgan fingerprint density at radius 3 is 2.71 bits per heavy atom. The number of morpholine rings is 1. The number of urea groups is 1. The Labute approximate surface area is 195 Å². The summed E-state index contributed by atoms with van der Waals surface area (Å²) in [5, 5.41) is 4.76. The van der Waals surface area contributed by atoms with Gasteiger partial charge in [0.05, 0.1) is 44.2 Å². The Hall–Kier alpha value is -3.54. The van der Waals surface area contributed by atoms with Gasteiger partial charge in [-0.1, -0.05) is 0 Å². The molecule has 0 spiro atoms. The number of carbonyl (C=O) groups excluding carboxylic acids is 2. The lowest BCUT2D eigenvalue weighted by Gasteiger charge is -2.29. The first-order valence-corrected chi connectivity index (χ1v) is 11.0. The highest BCUT2D eigenvalue weighted by atomic mass is 19.1. The molecule has 12 heteroatoms. The summed E-state index contributed by atoms with van der Waals surface area (Å²) in [5.74, 6) is 0.190. The van der Waals surface area contributed by atoms with Crippen LogP contribution in [-0.2, 0) is 22.6 Å². The van der Waals surface area contributed by atoms with Crippen LogP contribution in [0.25, 0.3) is 11.4 Å². The first-order chi connectivity index (χ1) is 16.5. The fourth-order valence-corrected chi connectivity index (χ4v) is 3.85. The second-order valence-electron chi connectivity index (χ2n) is 7.71. The second-order valence-corrected chi connectivity index (χ2v) is 7.71. The Morgan fingerprint density at radius 2 is 2.00 bits per heavy atom. The van der Waals surface area contributed by atoms with E-state index in [4.69, 9.17) is 9.47 Å². The number of benzene rings is 1. The number of carbonyl (C=O) groups is 2. The van der Waals surface area contributed by atoms with Crippen LogP contribution in [0.4, 0.5) is 29.9 Å². The van der Waals surface area contributed by atoms with E-state index in [9.17, 15) is 14.0 Å². The number of hydrogen-bond acceptors (Lipinski definition) is 7. The van der Waals surface area contributed by atoms with Gasteiger partial charge >= 0.3 is 12.1 Å². The maximum atomic E-state index is 15.0. The average molecular weight is 476 g/mol. The summed E-state index contributed by atoms with van der Waals surface area (Å²) in [4.78, 5) is 36.8. The summed E-state index contributed by atoms with van der Waals surface area (Å²) >= 11 is 0. The van der Waals surface area contributed by atoms with Crippen molar-refractivity contribution in [3.8, 4) is 11.4 Å². The molecule has 3 amide bonds. The third-order valence-electron chi connectivity index (χ3n) is 5.45. The Morgan fingerprint density at radius 1 is 1.21 bits per heavy atom. The third-order valence-corrected chi connectivity index (χ3v) is 5.45. The molecule has 0 unspecified atom stereocenters. The third kappa shape index (κ3) is 5.16. The first-order valence-electron chi connectivity index (χ1n) is 11.0. The maximum Gasteiger partial charge on any atom is 0.410 e. The highest BCUT2D eigenvalue weighted by molar-refractivity contribution is 5.89. The number of nitrogens with one attached hydrogen (secondary N) is 2. The standard InChI is InChI=1S/C22H26F2N6O4/c1-2-34-22(32)30-12-16-18(13-30)27-19(28-20(16)29-7-9-33-10-8-29)15-4-3-14(11-17(15)24)26-21(31)25-6-5-23/h3-4,11H,2,5-10,12-13H2,1H3,(H2,25,26,31).